The van der Waals surface area contributed by atoms with E-state index in [9.17, 15) is 9.00 Å². The van der Waals surface area contributed by atoms with Gasteiger partial charge in [0.2, 0.25) is 5.95 Å². The Bertz CT molecular complexity index is 1070. The number of carbonyl (C=O) groups excluding carboxylic acids is 1. The number of nitrogens with two attached hydrogens (primary N) is 1. The summed E-state index contributed by atoms with van der Waals surface area (Å²) >= 11 is 0. The van der Waals surface area contributed by atoms with Gasteiger partial charge in [0, 0.05) is 24.5 Å². The highest BCUT2D eigenvalue weighted by atomic mass is 32.2. The van der Waals surface area contributed by atoms with E-state index in [4.69, 9.17) is 9.88 Å². The molecule has 1 aliphatic rings. The van der Waals surface area contributed by atoms with Crippen LogP contribution < -0.4 is 20.1 Å². The molecule has 0 saturated carbocycles. The summed E-state index contributed by atoms with van der Waals surface area (Å²) in [6, 6.07) is 14.2. The largest absolute Gasteiger partial charge is 0.482 e. The lowest BCUT2D eigenvalue weighted by Crippen LogP contribution is -2.35. The molecule has 1 aliphatic heterocycles. The first-order valence-corrected chi connectivity index (χ1v) is 9.62. The number of amides is 1. The highest BCUT2D eigenvalue weighted by Crippen LogP contribution is 2.35. The first-order chi connectivity index (χ1) is 13.5. The molecule has 0 saturated heterocycles. The summed E-state index contributed by atoms with van der Waals surface area (Å²) in [6.07, 6.45) is 1.65. The molecule has 0 fully saturated rings. The van der Waals surface area contributed by atoms with Gasteiger partial charge in [-0.1, -0.05) is 0 Å². The first-order valence-electron chi connectivity index (χ1n) is 8.41. The Morgan fingerprint density at radius 2 is 1.96 bits per heavy atom. The summed E-state index contributed by atoms with van der Waals surface area (Å²) in [5.41, 5.74) is 2.98. The number of aromatic nitrogens is 2. The smallest absolute Gasteiger partial charge is 0.264 e. The molecule has 1 aromatic heterocycles. The number of hydrogen-bond acceptors (Lipinski definition) is 6. The number of hydrogen-bond donors (Lipinski definition) is 2. The predicted octanol–water partition coefficient (Wildman–Crippen LogP) is 2.22. The van der Waals surface area contributed by atoms with Gasteiger partial charge in [-0.3, -0.25) is 4.79 Å². The summed E-state index contributed by atoms with van der Waals surface area (Å²) < 4.78 is 16.7. The minimum atomic E-state index is -1.52. The molecule has 4 rings (SSSR count). The lowest BCUT2D eigenvalue weighted by atomic mass is 10.1. The maximum Gasteiger partial charge on any atom is 0.264 e. The molecule has 2 heterocycles. The van der Waals surface area contributed by atoms with E-state index in [0.29, 0.717) is 28.0 Å². The number of anilines is 3. The van der Waals surface area contributed by atoms with E-state index in [-0.39, 0.29) is 12.5 Å². The van der Waals surface area contributed by atoms with Crippen LogP contribution >= 0.6 is 0 Å². The monoisotopic (exact) mass is 395 g/mol. The van der Waals surface area contributed by atoms with Gasteiger partial charge >= 0.3 is 0 Å². The van der Waals surface area contributed by atoms with Crippen molar-refractivity contribution in [1.82, 2.24) is 9.97 Å². The molecule has 8 nitrogen and oxygen atoms in total. The molecule has 1 atom stereocenters. The number of ether oxygens (including phenoxy) is 1. The molecule has 3 aromatic rings. The number of fused-ring (bicyclic) bond motifs is 1. The van der Waals surface area contributed by atoms with Crippen LogP contribution in [0.15, 0.2) is 59.6 Å². The molecule has 0 radical (unpaired) electrons. The maximum absolute atomic E-state index is 11.9. The number of rotatable bonds is 4. The molecule has 3 N–H and O–H groups in total. The van der Waals surface area contributed by atoms with E-state index in [1.54, 1.807) is 48.5 Å². The van der Waals surface area contributed by atoms with Gasteiger partial charge in [-0.2, -0.15) is 0 Å². The number of likely N-dealkylation sites (N-methyl/N-ethyl adjacent to an activating group) is 1. The van der Waals surface area contributed by atoms with Crippen molar-refractivity contribution < 1.29 is 13.7 Å². The van der Waals surface area contributed by atoms with Crippen LogP contribution in [-0.2, 0) is 15.8 Å². The molecule has 9 heteroatoms. The van der Waals surface area contributed by atoms with E-state index < -0.39 is 11.0 Å². The molecular weight excluding hydrogens is 378 g/mol. The van der Waals surface area contributed by atoms with Crippen LogP contribution in [0, 0.1) is 0 Å². The van der Waals surface area contributed by atoms with Crippen LogP contribution in [0.3, 0.4) is 0 Å². The quantitative estimate of drug-likeness (QED) is 0.701. The van der Waals surface area contributed by atoms with Gasteiger partial charge in [-0.05, 0) is 48.5 Å². The summed E-state index contributed by atoms with van der Waals surface area (Å²) in [7, 11) is 0.204. The van der Waals surface area contributed by atoms with E-state index >= 15 is 0 Å². The molecule has 0 bridgehead atoms. The Morgan fingerprint density at radius 1 is 1.18 bits per heavy atom. The molecule has 0 aliphatic carbocycles. The van der Waals surface area contributed by atoms with Gasteiger partial charge in [0.1, 0.15) is 16.7 Å². The third-order valence-electron chi connectivity index (χ3n) is 4.34. The second kappa shape index (κ2) is 7.37. The van der Waals surface area contributed by atoms with Crippen molar-refractivity contribution in [2.75, 3.05) is 23.9 Å². The Labute approximate surface area is 164 Å². The van der Waals surface area contributed by atoms with Gasteiger partial charge in [0.25, 0.3) is 5.91 Å². The Morgan fingerprint density at radius 3 is 2.71 bits per heavy atom. The number of nitrogens with one attached hydrogen (secondary N) is 1. The summed E-state index contributed by atoms with van der Waals surface area (Å²) in [4.78, 5) is 22.8. The Balaban J connectivity index is 1.60. The number of nitrogens with zero attached hydrogens (tertiary/aromatic N) is 3. The summed E-state index contributed by atoms with van der Waals surface area (Å²) in [6.45, 7) is 0.0426. The third-order valence-corrected chi connectivity index (χ3v) is 5.08. The van der Waals surface area contributed by atoms with E-state index in [2.05, 4.69) is 15.3 Å². The molecule has 142 valence electrons. The summed E-state index contributed by atoms with van der Waals surface area (Å²) in [5.74, 6) is 0.977. The average molecular weight is 395 g/mol. The lowest BCUT2D eigenvalue weighted by Gasteiger charge is -2.26. The van der Waals surface area contributed by atoms with Gasteiger partial charge < -0.3 is 15.0 Å². The fraction of sp³-hybridized carbons (Fsp3) is 0.105. The van der Waals surface area contributed by atoms with Crippen molar-refractivity contribution >= 4 is 34.2 Å². The fourth-order valence-electron chi connectivity index (χ4n) is 2.81. The molecular formula is C19H17N5O3S. The van der Waals surface area contributed by atoms with E-state index in [1.807, 2.05) is 18.2 Å². The standard InChI is InChI=1S/C19H17N5O3S/c1-24-16-10-12(2-7-17(16)27-11-18(24)25)15-8-9-21-19(23-15)22-13-3-5-14(6-4-13)28(20)26/h2-10H,11,20H2,1H3,(H,21,22,23). The molecule has 2 aromatic carbocycles. The zero-order valence-corrected chi connectivity index (χ0v) is 15.8. The second-order valence-corrected chi connectivity index (χ2v) is 7.20. The van der Waals surface area contributed by atoms with Crippen molar-refractivity contribution in [2.24, 2.45) is 5.14 Å². The topological polar surface area (TPSA) is 110 Å². The minimum absolute atomic E-state index is 0.0426. The SMILES string of the molecule is CN1C(=O)COc2ccc(-c3ccnc(Nc4ccc(S(N)=O)cc4)n3)cc21. The lowest BCUT2D eigenvalue weighted by molar-refractivity contribution is -0.120. The van der Waals surface area contributed by atoms with Crippen LogP contribution in [-0.4, -0.2) is 33.7 Å². The Kier molecular flexibility index (Phi) is 4.76. The van der Waals surface area contributed by atoms with E-state index in [1.165, 1.54) is 0 Å². The van der Waals surface area contributed by atoms with Crippen molar-refractivity contribution in [3.63, 3.8) is 0 Å². The Hall–Kier alpha value is -3.30. The first kappa shape index (κ1) is 18.1. The second-order valence-electron chi connectivity index (χ2n) is 6.14. The zero-order chi connectivity index (χ0) is 19.7. The van der Waals surface area contributed by atoms with Crippen LogP contribution in [0.5, 0.6) is 5.75 Å². The van der Waals surface area contributed by atoms with E-state index in [0.717, 1.165) is 11.3 Å². The normalized spacial score (nSPS) is 14.2. The molecule has 28 heavy (non-hydrogen) atoms. The van der Waals surface area contributed by atoms with Crippen LogP contribution in [0.25, 0.3) is 11.3 Å². The average Bonchev–Trinajstić information content (AvgIpc) is 2.71. The van der Waals surface area contributed by atoms with Gasteiger partial charge in [-0.15, -0.1) is 0 Å². The molecule has 1 unspecified atom stereocenters. The minimum Gasteiger partial charge on any atom is -0.482 e. The highest BCUT2D eigenvalue weighted by molar-refractivity contribution is 7.82. The summed E-state index contributed by atoms with van der Waals surface area (Å²) in [5, 5.41) is 8.47. The third kappa shape index (κ3) is 3.57. The van der Waals surface area contributed by atoms with Crippen molar-refractivity contribution in [3.05, 3.63) is 54.7 Å². The van der Waals surface area contributed by atoms with Crippen LogP contribution in [0.4, 0.5) is 17.3 Å². The molecule has 1 amide bonds. The van der Waals surface area contributed by atoms with Crippen LogP contribution in [0.2, 0.25) is 0 Å². The van der Waals surface area contributed by atoms with Gasteiger partial charge in [0.05, 0.1) is 16.3 Å². The van der Waals surface area contributed by atoms with Crippen LogP contribution in [0.1, 0.15) is 0 Å². The van der Waals surface area contributed by atoms with Crippen molar-refractivity contribution in [1.29, 1.82) is 0 Å². The molecule has 0 spiro atoms. The number of benzene rings is 2. The highest BCUT2D eigenvalue weighted by Gasteiger charge is 2.22. The van der Waals surface area contributed by atoms with Crippen molar-refractivity contribution in [3.8, 4) is 17.0 Å². The maximum atomic E-state index is 11.9. The predicted molar refractivity (Wildman–Crippen MR) is 107 cm³/mol. The number of carbonyl (C=O) groups is 1. The van der Waals surface area contributed by atoms with Crippen molar-refractivity contribution in [2.45, 2.75) is 4.90 Å². The fourth-order valence-corrected chi connectivity index (χ4v) is 3.22. The zero-order valence-electron chi connectivity index (χ0n) is 15.0. The van der Waals surface area contributed by atoms with Gasteiger partial charge in [0.15, 0.2) is 6.61 Å². The van der Waals surface area contributed by atoms with Gasteiger partial charge in [-0.25, -0.2) is 19.3 Å².